The molecule has 0 saturated carbocycles. The smallest absolute Gasteiger partial charge is 0.0316 e. The molecule has 20 heavy (non-hydrogen) atoms. The summed E-state index contributed by atoms with van der Waals surface area (Å²) in [6, 6.07) is 0. The lowest BCUT2D eigenvalue weighted by molar-refractivity contribution is 0.728. The van der Waals surface area contributed by atoms with Crippen LogP contribution < -0.4 is 0 Å². The van der Waals surface area contributed by atoms with Crippen LogP contribution >= 0.6 is 0 Å². The molecule has 0 heteroatoms. The Kier molecular flexibility index (Phi) is 17.5. The third kappa shape index (κ3) is 17.2. The molecule has 0 aromatic carbocycles. The molecule has 0 amide bonds. The van der Waals surface area contributed by atoms with Crippen LogP contribution in [-0.4, -0.2) is 0 Å². The van der Waals surface area contributed by atoms with Gasteiger partial charge < -0.3 is 0 Å². The quantitative estimate of drug-likeness (QED) is 0.229. The summed E-state index contributed by atoms with van der Waals surface area (Å²) in [6.07, 6.45) is 29.5. The monoisotopic (exact) mass is 276 g/mol. The normalized spacial score (nSPS) is 12.3. The van der Waals surface area contributed by atoms with Gasteiger partial charge in [-0.2, -0.15) is 0 Å². The van der Waals surface area contributed by atoms with Crippen molar-refractivity contribution in [2.24, 2.45) is 0 Å². The standard InChI is InChI=1S/C20H36/c1-3-5-7-9-11-13-15-17-19-20-18-16-14-12-10-8-6-4-2/h11-14,19-20H,3-10,15-18H2,1-2H3/b13-11+,14-12+,20-19-. The van der Waals surface area contributed by atoms with Gasteiger partial charge in [-0.15, -0.1) is 0 Å². The molecular weight excluding hydrogens is 240 g/mol. The van der Waals surface area contributed by atoms with E-state index in [2.05, 4.69) is 50.3 Å². The van der Waals surface area contributed by atoms with Crippen LogP contribution in [0.1, 0.15) is 90.9 Å². The fraction of sp³-hybridized carbons (Fsp3) is 0.700. The minimum absolute atomic E-state index is 1.20. The van der Waals surface area contributed by atoms with E-state index in [1.54, 1.807) is 0 Å². The second-order valence-electron chi connectivity index (χ2n) is 5.56. The maximum absolute atomic E-state index is 2.35. The summed E-state index contributed by atoms with van der Waals surface area (Å²) < 4.78 is 0. The van der Waals surface area contributed by atoms with E-state index in [4.69, 9.17) is 0 Å². The summed E-state index contributed by atoms with van der Waals surface area (Å²) in [5.41, 5.74) is 0. The van der Waals surface area contributed by atoms with Crippen molar-refractivity contribution in [3.05, 3.63) is 36.5 Å². The Bertz CT molecular complexity index is 219. The Morgan fingerprint density at radius 3 is 1.00 bits per heavy atom. The molecule has 0 aliphatic heterocycles. The van der Waals surface area contributed by atoms with Crippen molar-refractivity contribution < 1.29 is 0 Å². The van der Waals surface area contributed by atoms with Crippen molar-refractivity contribution in [3.8, 4) is 0 Å². The van der Waals surface area contributed by atoms with Crippen LogP contribution in [0.3, 0.4) is 0 Å². The van der Waals surface area contributed by atoms with Gasteiger partial charge in [0.1, 0.15) is 0 Å². The maximum atomic E-state index is 2.35. The summed E-state index contributed by atoms with van der Waals surface area (Å²) >= 11 is 0. The van der Waals surface area contributed by atoms with Gasteiger partial charge in [-0.1, -0.05) is 76.0 Å². The summed E-state index contributed by atoms with van der Waals surface area (Å²) in [5.74, 6) is 0. The summed E-state index contributed by atoms with van der Waals surface area (Å²) in [5, 5.41) is 0. The lowest BCUT2D eigenvalue weighted by atomic mass is 10.1. The molecule has 0 unspecified atom stereocenters. The lowest BCUT2D eigenvalue weighted by Crippen LogP contribution is -1.72. The first-order chi connectivity index (χ1) is 9.91. The highest BCUT2D eigenvalue weighted by molar-refractivity contribution is 4.90. The van der Waals surface area contributed by atoms with Gasteiger partial charge in [0, 0.05) is 0 Å². The summed E-state index contributed by atoms with van der Waals surface area (Å²) in [7, 11) is 0. The van der Waals surface area contributed by atoms with Crippen LogP contribution in [0.15, 0.2) is 36.5 Å². The second-order valence-corrected chi connectivity index (χ2v) is 5.56. The zero-order chi connectivity index (χ0) is 14.7. The van der Waals surface area contributed by atoms with Gasteiger partial charge in [0.05, 0.1) is 0 Å². The van der Waals surface area contributed by atoms with Gasteiger partial charge in [-0.05, 0) is 51.4 Å². The lowest BCUT2D eigenvalue weighted by Gasteiger charge is -1.92. The van der Waals surface area contributed by atoms with E-state index in [9.17, 15) is 0 Å². The van der Waals surface area contributed by atoms with Crippen molar-refractivity contribution in [1.82, 2.24) is 0 Å². The van der Waals surface area contributed by atoms with Crippen LogP contribution in [0, 0.1) is 0 Å². The van der Waals surface area contributed by atoms with E-state index in [1.165, 1.54) is 77.0 Å². The van der Waals surface area contributed by atoms with Gasteiger partial charge >= 0.3 is 0 Å². The maximum Gasteiger partial charge on any atom is -0.0316 e. The van der Waals surface area contributed by atoms with Gasteiger partial charge in [-0.3, -0.25) is 0 Å². The molecular formula is C20H36. The summed E-state index contributed by atoms with van der Waals surface area (Å²) in [4.78, 5) is 0. The van der Waals surface area contributed by atoms with Crippen molar-refractivity contribution in [2.45, 2.75) is 90.9 Å². The second kappa shape index (κ2) is 18.2. The third-order valence-corrected chi connectivity index (χ3v) is 3.45. The number of rotatable bonds is 14. The Morgan fingerprint density at radius 1 is 0.400 bits per heavy atom. The van der Waals surface area contributed by atoms with Crippen molar-refractivity contribution >= 4 is 0 Å². The van der Waals surface area contributed by atoms with Crippen LogP contribution in [0.4, 0.5) is 0 Å². The largest absolute Gasteiger partial charge is 0.0885 e. The minimum atomic E-state index is 1.20. The molecule has 116 valence electrons. The molecule has 0 nitrogen and oxygen atoms in total. The molecule has 0 N–H and O–H groups in total. The third-order valence-electron chi connectivity index (χ3n) is 3.45. The van der Waals surface area contributed by atoms with Crippen molar-refractivity contribution in [1.29, 1.82) is 0 Å². The number of unbranched alkanes of at least 4 members (excludes halogenated alkanes) is 8. The summed E-state index contributed by atoms with van der Waals surface area (Å²) in [6.45, 7) is 4.52. The Morgan fingerprint density at radius 2 is 0.700 bits per heavy atom. The molecule has 0 aliphatic rings. The zero-order valence-electron chi connectivity index (χ0n) is 13.9. The number of hydrogen-bond donors (Lipinski definition) is 0. The molecule has 0 aliphatic carbocycles. The van der Waals surface area contributed by atoms with E-state index >= 15 is 0 Å². The predicted octanol–water partition coefficient (Wildman–Crippen LogP) is 7.38. The Hall–Kier alpha value is -0.780. The molecule has 0 bridgehead atoms. The van der Waals surface area contributed by atoms with Crippen LogP contribution in [-0.2, 0) is 0 Å². The molecule has 0 aromatic heterocycles. The first-order valence-electron chi connectivity index (χ1n) is 8.86. The molecule has 0 spiro atoms. The van der Waals surface area contributed by atoms with Crippen LogP contribution in [0.25, 0.3) is 0 Å². The van der Waals surface area contributed by atoms with Crippen molar-refractivity contribution in [2.75, 3.05) is 0 Å². The van der Waals surface area contributed by atoms with E-state index in [1.807, 2.05) is 0 Å². The molecule has 0 atom stereocenters. The van der Waals surface area contributed by atoms with Gasteiger partial charge in [0.15, 0.2) is 0 Å². The van der Waals surface area contributed by atoms with E-state index < -0.39 is 0 Å². The average molecular weight is 277 g/mol. The van der Waals surface area contributed by atoms with Crippen molar-refractivity contribution in [3.63, 3.8) is 0 Å². The van der Waals surface area contributed by atoms with E-state index in [0.717, 1.165) is 0 Å². The van der Waals surface area contributed by atoms with E-state index in [-0.39, 0.29) is 0 Å². The fourth-order valence-electron chi connectivity index (χ4n) is 2.12. The molecule has 0 saturated heterocycles. The average Bonchev–Trinajstić information content (AvgIpc) is 2.47. The van der Waals surface area contributed by atoms with E-state index in [0.29, 0.717) is 0 Å². The Labute approximate surface area is 128 Å². The van der Waals surface area contributed by atoms with Gasteiger partial charge in [0.2, 0.25) is 0 Å². The molecule has 0 aromatic rings. The first-order valence-corrected chi connectivity index (χ1v) is 8.86. The fourth-order valence-corrected chi connectivity index (χ4v) is 2.12. The molecule has 0 rings (SSSR count). The minimum Gasteiger partial charge on any atom is -0.0885 e. The molecule has 0 heterocycles. The topological polar surface area (TPSA) is 0 Å². The van der Waals surface area contributed by atoms with Crippen LogP contribution in [0.2, 0.25) is 0 Å². The highest BCUT2D eigenvalue weighted by Crippen LogP contribution is 2.03. The van der Waals surface area contributed by atoms with Gasteiger partial charge in [-0.25, -0.2) is 0 Å². The van der Waals surface area contributed by atoms with Gasteiger partial charge in [0.25, 0.3) is 0 Å². The predicted molar refractivity (Wildman–Crippen MR) is 94.2 cm³/mol. The molecule has 0 radical (unpaired) electrons. The SMILES string of the molecule is CCCCC/C=C/CC/C=C\CC/C=C/CCCCC. The number of hydrogen-bond acceptors (Lipinski definition) is 0. The molecule has 0 fully saturated rings. The number of allylic oxidation sites excluding steroid dienone is 6. The highest BCUT2D eigenvalue weighted by Gasteiger charge is 1.83. The van der Waals surface area contributed by atoms with Crippen LogP contribution in [0.5, 0.6) is 0 Å². The Balaban J connectivity index is 3.23. The first kappa shape index (κ1) is 19.2. The highest BCUT2D eigenvalue weighted by atomic mass is 13.9. The zero-order valence-corrected chi connectivity index (χ0v) is 13.9.